The minimum absolute atomic E-state index is 0.253. The summed E-state index contributed by atoms with van der Waals surface area (Å²) in [6, 6.07) is 10.7. The van der Waals surface area contributed by atoms with Gasteiger partial charge in [-0.2, -0.15) is 0 Å². The van der Waals surface area contributed by atoms with Crippen molar-refractivity contribution in [3.63, 3.8) is 0 Å². The smallest absolute Gasteiger partial charge is 0.129 e. The summed E-state index contributed by atoms with van der Waals surface area (Å²) in [6.45, 7) is 2.03. The van der Waals surface area contributed by atoms with Gasteiger partial charge in [0, 0.05) is 35.9 Å². The van der Waals surface area contributed by atoms with Gasteiger partial charge >= 0.3 is 0 Å². The van der Waals surface area contributed by atoms with Gasteiger partial charge in [-0.15, -0.1) is 0 Å². The fourth-order valence-corrected chi connectivity index (χ4v) is 2.76. The summed E-state index contributed by atoms with van der Waals surface area (Å²) in [5, 5.41) is 0.476. The number of hydrogen-bond acceptors (Lipinski definition) is 2. The van der Waals surface area contributed by atoms with E-state index in [4.69, 9.17) is 17.3 Å². The molecule has 0 aliphatic carbocycles. The summed E-state index contributed by atoms with van der Waals surface area (Å²) in [6.07, 6.45) is 0. The highest BCUT2D eigenvalue weighted by Crippen LogP contribution is 2.30. The first kappa shape index (κ1) is 12.5. The molecular weight excluding hydrogens is 263 g/mol. The second-order valence-corrected chi connectivity index (χ2v) is 5.24. The first-order valence-electron chi connectivity index (χ1n) is 6.16. The Balaban J connectivity index is 1.83. The van der Waals surface area contributed by atoms with Gasteiger partial charge in [-0.05, 0) is 29.3 Å². The van der Waals surface area contributed by atoms with Crippen molar-refractivity contribution in [3.05, 3.63) is 63.9 Å². The Hall–Kier alpha value is -1.58. The van der Waals surface area contributed by atoms with Crippen LogP contribution in [0.2, 0.25) is 5.02 Å². The van der Waals surface area contributed by atoms with E-state index in [0.717, 1.165) is 24.3 Å². The van der Waals surface area contributed by atoms with Crippen molar-refractivity contribution in [2.45, 2.75) is 19.6 Å². The number of nitrogens with zero attached hydrogens (tertiary/aromatic N) is 1. The first-order chi connectivity index (χ1) is 9.15. The Labute approximate surface area is 116 Å². The van der Waals surface area contributed by atoms with Gasteiger partial charge in [0.25, 0.3) is 0 Å². The number of halogens is 2. The Morgan fingerprint density at radius 2 is 1.95 bits per heavy atom. The molecule has 19 heavy (non-hydrogen) atoms. The summed E-state index contributed by atoms with van der Waals surface area (Å²) in [4.78, 5) is 2.14. The third-order valence-corrected chi connectivity index (χ3v) is 3.88. The molecule has 0 saturated heterocycles. The molecule has 0 aromatic heterocycles. The second-order valence-electron chi connectivity index (χ2n) is 4.83. The lowest BCUT2D eigenvalue weighted by molar-refractivity contribution is 0.271. The molecule has 3 rings (SSSR count). The number of rotatable bonds is 2. The van der Waals surface area contributed by atoms with Gasteiger partial charge in [0.2, 0.25) is 0 Å². The highest BCUT2D eigenvalue weighted by molar-refractivity contribution is 6.31. The number of nitrogen functional groups attached to an aromatic ring is 1. The van der Waals surface area contributed by atoms with Crippen LogP contribution in [-0.2, 0) is 19.6 Å². The minimum Gasteiger partial charge on any atom is -0.398 e. The molecule has 0 radical (unpaired) electrons. The van der Waals surface area contributed by atoms with Gasteiger partial charge in [-0.1, -0.05) is 29.8 Å². The van der Waals surface area contributed by atoms with Crippen LogP contribution in [0.15, 0.2) is 36.4 Å². The van der Waals surface area contributed by atoms with E-state index in [1.165, 1.54) is 11.6 Å². The maximum Gasteiger partial charge on any atom is 0.129 e. The van der Waals surface area contributed by atoms with E-state index in [2.05, 4.69) is 11.0 Å². The SMILES string of the molecule is Nc1cccc2c1CN(Cc1c(F)cccc1Cl)C2. The predicted octanol–water partition coefficient (Wildman–Crippen LogP) is 3.58. The van der Waals surface area contributed by atoms with E-state index < -0.39 is 0 Å². The minimum atomic E-state index is -0.253. The van der Waals surface area contributed by atoms with Gasteiger partial charge in [0.05, 0.1) is 0 Å². The lowest BCUT2D eigenvalue weighted by atomic mass is 10.1. The number of nitrogens with two attached hydrogens (primary N) is 1. The highest BCUT2D eigenvalue weighted by atomic mass is 35.5. The maximum atomic E-state index is 13.8. The van der Waals surface area contributed by atoms with Crippen LogP contribution in [-0.4, -0.2) is 4.90 Å². The Bertz CT molecular complexity index is 607. The molecule has 1 heterocycles. The van der Waals surface area contributed by atoms with E-state index >= 15 is 0 Å². The van der Waals surface area contributed by atoms with Gasteiger partial charge in [0.15, 0.2) is 0 Å². The molecule has 2 aromatic carbocycles. The Morgan fingerprint density at radius 3 is 2.68 bits per heavy atom. The monoisotopic (exact) mass is 276 g/mol. The molecule has 0 amide bonds. The summed E-state index contributed by atoms with van der Waals surface area (Å²) >= 11 is 6.06. The summed E-state index contributed by atoms with van der Waals surface area (Å²) in [7, 11) is 0. The van der Waals surface area contributed by atoms with Gasteiger partial charge in [-0.3, -0.25) is 4.90 Å². The van der Waals surface area contributed by atoms with E-state index in [0.29, 0.717) is 17.1 Å². The molecule has 1 aliphatic heterocycles. The second kappa shape index (κ2) is 4.83. The molecule has 2 nitrogen and oxygen atoms in total. The molecule has 98 valence electrons. The molecular formula is C15H14ClFN2. The van der Waals surface area contributed by atoms with Crippen LogP contribution in [0.3, 0.4) is 0 Å². The topological polar surface area (TPSA) is 29.3 Å². The van der Waals surface area contributed by atoms with Crippen molar-refractivity contribution in [2.75, 3.05) is 5.73 Å². The van der Waals surface area contributed by atoms with Crippen LogP contribution >= 0.6 is 11.6 Å². The van der Waals surface area contributed by atoms with E-state index in [-0.39, 0.29) is 5.82 Å². The zero-order valence-electron chi connectivity index (χ0n) is 10.4. The maximum absolute atomic E-state index is 13.8. The normalized spacial score (nSPS) is 14.6. The van der Waals surface area contributed by atoms with Crippen LogP contribution in [0.5, 0.6) is 0 Å². The fraction of sp³-hybridized carbons (Fsp3) is 0.200. The quantitative estimate of drug-likeness (QED) is 0.850. The fourth-order valence-electron chi connectivity index (χ4n) is 2.53. The van der Waals surface area contributed by atoms with Crippen molar-refractivity contribution >= 4 is 17.3 Å². The van der Waals surface area contributed by atoms with E-state index in [1.54, 1.807) is 12.1 Å². The first-order valence-corrected chi connectivity index (χ1v) is 6.54. The van der Waals surface area contributed by atoms with Crippen LogP contribution in [0.1, 0.15) is 16.7 Å². The van der Waals surface area contributed by atoms with Crippen molar-refractivity contribution in [2.24, 2.45) is 0 Å². The van der Waals surface area contributed by atoms with Crippen LogP contribution in [0.25, 0.3) is 0 Å². The molecule has 2 N–H and O–H groups in total. The molecule has 1 aliphatic rings. The zero-order chi connectivity index (χ0) is 13.4. The molecule has 0 unspecified atom stereocenters. The third kappa shape index (κ3) is 2.31. The lowest BCUT2D eigenvalue weighted by Crippen LogP contribution is -2.17. The van der Waals surface area contributed by atoms with Crippen molar-refractivity contribution in [3.8, 4) is 0 Å². The number of anilines is 1. The lowest BCUT2D eigenvalue weighted by Gasteiger charge is -2.16. The van der Waals surface area contributed by atoms with Crippen molar-refractivity contribution in [1.29, 1.82) is 0 Å². The van der Waals surface area contributed by atoms with Crippen LogP contribution in [0.4, 0.5) is 10.1 Å². The molecule has 0 bridgehead atoms. The molecule has 4 heteroatoms. The Morgan fingerprint density at radius 1 is 1.16 bits per heavy atom. The van der Waals surface area contributed by atoms with E-state index in [9.17, 15) is 4.39 Å². The molecule has 0 saturated carbocycles. The summed E-state index contributed by atoms with van der Waals surface area (Å²) in [5.41, 5.74) is 9.68. The molecule has 2 aromatic rings. The summed E-state index contributed by atoms with van der Waals surface area (Å²) in [5.74, 6) is -0.253. The van der Waals surface area contributed by atoms with Crippen LogP contribution < -0.4 is 5.73 Å². The zero-order valence-corrected chi connectivity index (χ0v) is 11.1. The van der Waals surface area contributed by atoms with Gasteiger partial charge < -0.3 is 5.73 Å². The average Bonchev–Trinajstić information content (AvgIpc) is 2.78. The van der Waals surface area contributed by atoms with E-state index in [1.807, 2.05) is 12.1 Å². The largest absolute Gasteiger partial charge is 0.398 e. The summed E-state index contributed by atoms with van der Waals surface area (Å²) < 4.78 is 13.8. The van der Waals surface area contributed by atoms with Crippen LogP contribution in [0, 0.1) is 5.82 Å². The molecule has 0 fully saturated rings. The third-order valence-electron chi connectivity index (χ3n) is 3.53. The highest BCUT2D eigenvalue weighted by Gasteiger charge is 2.22. The van der Waals surface area contributed by atoms with Gasteiger partial charge in [-0.25, -0.2) is 4.39 Å². The van der Waals surface area contributed by atoms with Crippen molar-refractivity contribution in [1.82, 2.24) is 4.90 Å². The number of hydrogen-bond donors (Lipinski definition) is 1. The predicted molar refractivity (Wildman–Crippen MR) is 75.2 cm³/mol. The molecule has 0 atom stereocenters. The van der Waals surface area contributed by atoms with Gasteiger partial charge in [0.1, 0.15) is 5.82 Å². The Kier molecular flexibility index (Phi) is 3.17. The van der Waals surface area contributed by atoms with Crippen molar-refractivity contribution < 1.29 is 4.39 Å². The molecule has 0 spiro atoms. The number of fused-ring (bicyclic) bond motifs is 1. The number of benzene rings is 2. The standard InChI is InChI=1S/C15H14ClFN2/c16-13-4-2-5-14(17)12(13)9-19-7-10-3-1-6-15(18)11(10)8-19/h1-6H,7-9,18H2. The average molecular weight is 277 g/mol.